The molecule has 0 bridgehead atoms. The molecule has 0 amide bonds. The van der Waals surface area contributed by atoms with Crippen LogP contribution < -0.4 is 15.2 Å². The first-order valence-electron chi connectivity index (χ1n) is 8.43. The van der Waals surface area contributed by atoms with Crippen molar-refractivity contribution in [1.29, 1.82) is 0 Å². The molecule has 2 aliphatic carbocycles. The van der Waals surface area contributed by atoms with Gasteiger partial charge in [0.25, 0.3) is 0 Å². The van der Waals surface area contributed by atoms with E-state index in [1.54, 1.807) is 7.11 Å². The zero-order chi connectivity index (χ0) is 15.6. The van der Waals surface area contributed by atoms with Gasteiger partial charge in [0.1, 0.15) is 0 Å². The van der Waals surface area contributed by atoms with Gasteiger partial charge in [-0.05, 0) is 72.2 Å². The first kappa shape index (κ1) is 16.1. The van der Waals surface area contributed by atoms with Gasteiger partial charge in [-0.3, -0.25) is 0 Å². The minimum atomic E-state index is 0.114. The van der Waals surface area contributed by atoms with E-state index >= 15 is 0 Å². The van der Waals surface area contributed by atoms with Crippen LogP contribution in [0.3, 0.4) is 0 Å². The fourth-order valence-electron chi connectivity index (χ4n) is 4.01. The highest BCUT2D eigenvalue weighted by Crippen LogP contribution is 2.46. The van der Waals surface area contributed by atoms with Crippen LogP contribution in [0.4, 0.5) is 0 Å². The van der Waals surface area contributed by atoms with E-state index in [9.17, 15) is 0 Å². The van der Waals surface area contributed by atoms with E-state index in [0.717, 1.165) is 28.8 Å². The molecule has 0 heterocycles. The van der Waals surface area contributed by atoms with Crippen LogP contribution in [0.15, 0.2) is 16.6 Å². The minimum Gasteiger partial charge on any atom is -0.492 e. The number of hydrogen-bond donors (Lipinski definition) is 1. The molecule has 1 aromatic rings. The van der Waals surface area contributed by atoms with Gasteiger partial charge in [0, 0.05) is 12.0 Å². The molecule has 0 aliphatic heterocycles. The van der Waals surface area contributed by atoms with Gasteiger partial charge >= 0.3 is 0 Å². The van der Waals surface area contributed by atoms with Gasteiger partial charge in [-0.2, -0.15) is 0 Å². The topological polar surface area (TPSA) is 44.5 Å². The highest BCUT2D eigenvalue weighted by atomic mass is 79.9. The highest BCUT2D eigenvalue weighted by molar-refractivity contribution is 9.10. The number of halogens is 1. The van der Waals surface area contributed by atoms with Gasteiger partial charge in [0.05, 0.1) is 17.7 Å². The lowest BCUT2D eigenvalue weighted by atomic mass is 9.79. The summed E-state index contributed by atoms with van der Waals surface area (Å²) < 4.78 is 12.8. The van der Waals surface area contributed by atoms with E-state index in [4.69, 9.17) is 15.2 Å². The maximum absolute atomic E-state index is 6.27. The SMILES string of the molecule is COc1c(Br)cc(C2(CN)CCCC2)cc1OC1CCCC1. The Labute approximate surface area is 141 Å². The lowest BCUT2D eigenvalue weighted by Gasteiger charge is -2.29. The molecule has 22 heavy (non-hydrogen) atoms. The summed E-state index contributed by atoms with van der Waals surface area (Å²) in [7, 11) is 1.70. The van der Waals surface area contributed by atoms with Crippen LogP contribution in [-0.2, 0) is 5.41 Å². The summed E-state index contributed by atoms with van der Waals surface area (Å²) >= 11 is 3.66. The fraction of sp³-hybridized carbons (Fsp3) is 0.667. The molecule has 2 fully saturated rings. The number of ether oxygens (including phenoxy) is 2. The Bertz CT molecular complexity index is 520. The van der Waals surface area contributed by atoms with Crippen molar-refractivity contribution in [1.82, 2.24) is 0 Å². The molecule has 2 saturated carbocycles. The van der Waals surface area contributed by atoms with Crippen LogP contribution in [0.25, 0.3) is 0 Å². The maximum Gasteiger partial charge on any atom is 0.174 e. The average molecular weight is 368 g/mol. The molecule has 0 atom stereocenters. The van der Waals surface area contributed by atoms with Crippen LogP contribution in [0.2, 0.25) is 0 Å². The second kappa shape index (κ2) is 6.79. The van der Waals surface area contributed by atoms with E-state index < -0.39 is 0 Å². The van der Waals surface area contributed by atoms with E-state index in [-0.39, 0.29) is 5.41 Å². The van der Waals surface area contributed by atoms with Crippen molar-refractivity contribution < 1.29 is 9.47 Å². The van der Waals surface area contributed by atoms with Gasteiger partial charge in [-0.15, -0.1) is 0 Å². The second-order valence-electron chi connectivity index (χ2n) is 6.71. The molecule has 0 radical (unpaired) electrons. The van der Waals surface area contributed by atoms with Crippen molar-refractivity contribution >= 4 is 15.9 Å². The monoisotopic (exact) mass is 367 g/mol. The number of benzene rings is 1. The summed E-state index contributed by atoms with van der Waals surface area (Å²) in [6.07, 6.45) is 10.0. The summed E-state index contributed by atoms with van der Waals surface area (Å²) in [5.74, 6) is 1.68. The molecule has 0 unspecified atom stereocenters. The number of rotatable bonds is 5. The van der Waals surface area contributed by atoms with E-state index in [1.165, 1.54) is 44.1 Å². The average Bonchev–Trinajstić information content (AvgIpc) is 3.19. The summed E-state index contributed by atoms with van der Waals surface area (Å²) in [5, 5.41) is 0. The smallest absolute Gasteiger partial charge is 0.174 e. The van der Waals surface area contributed by atoms with Crippen molar-refractivity contribution in [3.05, 3.63) is 22.2 Å². The van der Waals surface area contributed by atoms with Crippen LogP contribution in [0, 0.1) is 0 Å². The largest absolute Gasteiger partial charge is 0.492 e. The lowest BCUT2D eigenvalue weighted by Crippen LogP contribution is -2.32. The first-order chi connectivity index (χ1) is 10.7. The van der Waals surface area contributed by atoms with Crippen LogP contribution in [-0.4, -0.2) is 19.8 Å². The van der Waals surface area contributed by atoms with Gasteiger partial charge in [0.15, 0.2) is 11.5 Å². The van der Waals surface area contributed by atoms with Gasteiger partial charge in [-0.25, -0.2) is 0 Å². The zero-order valence-corrected chi connectivity index (χ0v) is 15.0. The molecule has 3 rings (SSSR count). The van der Waals surface area contributed by atoms with Crippen LogP contribution in [0.1, 0.15) is 56.9 Å². The Kier molecular flexibility index (Phi) is 4.98. The Morgan fingerprint density at radius 2 is 1.86 bits per heavy atom. The molecular weight excluding hydrogens is 342 g/mol. The molecule has 0 aromatic heterocycles. The molecule has 2 aliphatic rings. The van der Waals surface area contributed by atoms with E-state index in [2.05, 4.69) is 28.1 Å². The maximum atomic E-state index is 6.27. The molecule has 2 N–H and O–H groups in total. The summed E-state index contributed by atoms with van der Waals surface area (Å²) in [6, 6.07) is 4.36. The molecule has 0 spiro atoms. The number of hydrogen-bond acceptors (Lipinski definition) is 3. The Morgan fingerprint density at radius 3 is 2.45 bits per heavy atom. The Balaban J connectivity index is 1.96. The van der Waals surface area contributed by atoms with E-state index in [1.807, 2.05) is 0 Å². The van der Waals surface area contributed by atoms with Crippen molar-refractivity contribution in [3.63, 3.8) is 0 Å². The molecule has 3 nitrogen and oxygen atoms in total. The molecule has 122 valence electrons. The Morgan fingerprint density at radius 1 is 1.18 bits per heavy atom. The standard InChI is InChI=1S/C18H26BrNO2/c1-21-17-15(19)10-13(18(12-20)8-4-5-9-18)11-16(17)22-14-6-2-3-7-14/h10-11,14H,2-9,12,20H2,1H3. The summed E-state index contributed by atoms with van der Waals surface area (Å²) in [5.41, 5.74) is 7.56. The van der Waals surface area contributed by atoms with Crippen molar-refractivity contribution in [2.75, 3.05) is 13.7 Å². The van der Waals surface area contributed by atoms with Gasteiger partial charge in [-0.1, -0.05) is 12.8 Å². The zero-order valence-electron chi connectivity index (χ0n) is 13.4. The normalized spacial score (nSPS) is 21.2. The van der Waals surface area contributed by atoms with Crippen molar-refractivity contribution in [2.45, 2.75) is 62.9 Å². The Hall–Kier alpha value is -0.740. The molecule has 1 aromatic carbocycles. The predicted octanol–water partition coefficient (Wildman–Crippen LogP) is 4.55. The molecule has 0 saturated heterocycles. The minimum absolute atomic E-state index is 0.114. The van der Waals surface area contributed by atoms with E-state index in [0.29, 0.717) is 12.6 Å². The first-order valence-corrected chi connectivity index (χ1v) is 9.22. The second-order valence-corrected chi connectivity index (χ2v) is 7.56. The van der Waals surface area contributed by atoms with Gasteiger partial charge < -0.3 is 15.2 Å². The van der Waals surface area contributed by atoms with Crippen LogP contribution >= 0.6 is 15.9 Å². The predicted molar refractivity (Wildman–Crippen MR) is 92.8 cm³/mol. The third-order valence-corrected chi connectivity index (χ3v) is 5.96. The highest BCUT2D eigenvalue weighted by Gasteiger charge is 2.35. The number of nitrogens with two attached hydrogens (primary N) is 1. The summed E-state index contributed by atoms with van der Waals surface area (Å²) in [4.78, 5) is 0. The number of methoxy groups -OCH3 is 1. The molecule has 4 heteroatoms. The van der Waals surface area contributed by atoms with Crippen molar-refractivity contribution in [2.24, 2.45) is 5.73 Å². The lowest BCUT2D eigenvalue weighted by molar-refractivity contribution is 0.200. The molecular formula is C18H26BrNO2. The fourth-order valence-corrected chi connectivity index (χ4v) is 4.61. The van der Waals surface area contributed by atoms with Crippen molar-refractivity contribution in [3.8, 4) is 11.5 Å². The quantitative estimate of drug-likeness (QED) is 0.829. The third kappa shape index (κ3) is 3.00. The summed E-state index contributed by atoms with van der Waals surface area (Å²) in [6.45, 7) is 0.703. The van der Waals surface area contributed by atoms with Crippen LogP contribution in [0.5, 0.6) is 11.5 Å². The third-order valence-electron chi connectivity index (χ3n) is 5.37. The van der Waals surface area contributed by atoms with Gasteiger partial charge in [0.2, 0.25) is 0 Å².